The molecule has 44 heavy (non-hydrogen) atoms. The molecule has 3 amide bonds. The molecule has 3 aromatic rings. The van der Waals surface area contributed by atoms with Gasteiger partial charge in [-0.1, -0.05) is 56.4 Å². The molecule has 0 radical (unpaired) electrons. The number of anilines is 3. The molecule has 2 aliphatic carbocycles. The summed E-state index contributed by atoms with van der Waals surface area (Å²) in [6.07, 6.45) is 11.5. The van der Waals surface area contributed by atoms with Gasteiger partial charge in [-0.25, -0.2) is 9.59 Å². The van der Waals surface area contributed by atoms with E-state index in [9.17, 15) is 14.4 Å². The molecule has 7 nitrogen and oxygen atoms in total. The third-order valence-corrected chi connectivity index (χ3v) is 12.0. The van der Waals surface area contributed by atoms with Crippen LogP contribution in [0.4, 0.5) is 21.2 Å². The van der Waals surface area contributed by atoms with Gasteiger partial charge in [0.05, 0.1) is 34.9 Å². The minimum atomic E-state index is -0.405. The van der Waals surface area contributed by atoms with Crippen LogP contribution in [0.25, 0.3) is 0 Å². The van der Waals surface area contributed by atoms with Crippen LogP contribution in [-0.4, -0.2) is 41.6 Å². The number of thiophene rings is 1. The molecule has 4 atom stereocenters. The van der Waals surface area contributed by atoms with Gasteiger partial charge in [0, 0.05) is 20.4 Å². The molecule has 0 fully saturated rings. The molecule has 10 heteroatoms. The Labute approximate surface area is 270 Å². The summed E-state index contributed by atoms with van der Waals surface area (Å²) in [7, 11) is 1.38. The van der Waals surface area contributed by atoms with Crippen molar-refractivity contribution in [3.63, 3.8) is 0 Å². The Morgan fingerprint density at radius 2 is 1.91 bits per heavy atom. The first-order valence-corrected chi connectivity index (χ1v) is 17.4. The molecule has 2 N–H and O–H groups in total. The number of amides is 3. The maximum absolute atomic E-state index is 13.7. The van der Waals surface area contributed by atoms with Gasteiger partial charge in [0.2, 0.25) is 5.91 Å². The van der Waals surface area contributed by atoms with Crippen molar-refractivity contribution in [1.29, 1.82) is 0 Å². The number of methoxy groups -OCH3 is 1. The zero-order valence-electron chi connectivity index (χ0n) is 24.9. The SMILES string of the molecule is CCC(Sc1cccc(NC(=O)N2c3ccccc3SC3C=CC=CC32)c1)C(=O)Nc1sc2c(c1C(=O)OC)CCC(C)C2. The quantitative estimate of drug-likeness (QED) is 0.199. The molecular weight excluding hydrogens is 611 g/mol. The second kappa shape index (κ2) is 13.3. The standard InChI is InChI=1S/C34H35N3O4S3/c1-4-26(31(38)36-32-30(33(39)41-3)23-17-16-20(2)18-29(23)44-32)42-22-11-9-10-21(19-22)35-34(40)37-24-12-5-7-14-27(24)43-28-15-8-6-13-25(28)37/h5-15,19-20,24,26-27H,4,16-18H2,1-3H3,(H,35,40)(H,36,38). The molecule has 1 aromatic heterocycles. The molecule has 3 aliphatic rings. The van der Waals surface area contributed by atoms with Crippen molar-refractivity contribution >= 4 is 69.1 Å². The van der Waals surface area contributed by atoms with Crippen molar-refractivity contribution in [3.8, 4) is 0 Å². The number of allylic oxidation sites excluding steroid dienone is 2. The van der Waals surface area contributed by atoms with Crippen molar-refractivity contribution in [3.05, 3.63) is 88.8 Å². The summed E-state index contributed by atoms with van der Waals surface area (Å²) in [6, 6.07) is 15.3. The van der Waals surface area contributed by atoms with Crippen LogP contribution in [0.1, 0.15) is 47.5 Å². The van der Waals surface area contributed by atoms with Crippen molar-refractivity contribution in [1.82, 2.24) is 0 Å². The van der Waals surface area contributed by atoms with Gasteiger partial charge in [0.25, 0.3) is 0 Å². The summed E-state index contributed by atoms with van der Waals surface area (Å²) in [5.74, 6) is -0.0188. The van der Waals surface area contributed by atoms with Gasteiger partial charge in [-0.05, 0) is 67.5 Å². The maximum atomic E-state index is 13.7. The third kappa shape index (κ3) is 6.20. The summed E-state index contributed by atoms with van der Waals surface area (Å²) in [5, 5.41) is 6.49. The van der Waals surface area contributed by atoms with Crippen molar-refractivity contribution in [2.75, 3.05) is 22.6 Å². The highest BCUT2D eigenvalue weighted by Gasteiger charge is 2.37. The number of fused-ring (bicyclic) bond motifs is 3. The predicted octanol–water partition coefficient (Wildman–Crippen LogP) is 8.18. The highest BCUT2D eigenvalue weighted by Crippen LogP contribution is 2.44. The van der Waals surface area contributed by atoms with Crippen LogP contribution in [0, 0.1) is 5.92 Å². The van der Waals surface area contributed by atoms with Crippen molar-refractivity contribution < 1.29 is 19.1 Å². The molecular formula is C34H35N3O4S3. The van der Waals surface area contributed by atoms with Crippen LogP contribution in [0.15, 0.2) is 82.6 Å². The third-order valence-electron chi connectivity index (χ3n) is 8.13. The summed E-state index contributed by atoms with van der Waals surface area (Å²) in [4.78, 5) is 44.9. The topological polar surface area (TPSA) is 87.7 Å². The first-order chi connectivity index (χ1) is 21.4. The number of benzene rings is 2. The number of nitrogens with zero attached hydrogens (tertiary/aromatic N) is 1. The Balaban J connectivity index is 1.17. The Hall–Kier alpha value is -3.47. The number of esters is 1. The maximum Gasteiger partial charge on any atom is 0.341 e. The molecule has 1 aliphatic heterocycles. The fourth-order valence-electron chi connectivity index (χ4n) is 5.89. The van der Waals surface area contributed by atoms with Gasteiger partial charge in [-0.15, -0.1) is 34.9 Å². The second-order valence-electron chi connectivity index (χ2n) is 11.2. The lowest BCUT2D eigenvalue weighted by molar-refractivity contribution is -0.115. The molecule has 6 rings (SSSR count). The number of ether oxygens (including phenoxy) is 1. The van der Waals surface area contributed by atoms with E-state index < -0.39 is 11.2 Å². The Morgan fingerprint density at radius 3 is 2.73 bits per heavy atom. The van der Waals surface area contributed by atoms with E-state index in [0.29, 0.717) is 28.6 Å². The molecule has 2 aromatic carbocycles. The molecule has 228 valence electrons. The molecule has 0 saturated carbocycles. The van der Waals surface area contributed by atoms with Crippen molar-refractivity contribution in [2.45, 2.75) is 65.9 Å². The van der Waals surface area contributed by atoms with E-state index in [1.54, 1.807) is 11.8 Å². The number of para-hydroxylation sites is 1. The molecule has 4 unspecified atom stereocenters. The van der Waals surface area contributed by atoms with Gasteiger partial charge in [0.15, 0.2) is 0 Å². The lowest BCUT2D eigenvalue weighted by Crippen LogP contribution is -2.49. The monoisotopic (exact) mass is 645 g/mol. The fourth-order valence-corrected chi connectivity index (χ4v) is 9.57. The zero-order valence-corrected chi connectivity index (χ0v) is 27.3. The summed E-state index contributed by atoms with van der Waals surface area (Å²) in [6.45, 7) is 4.18. The fraction of sp³-hybridized carbons (Fsp3) is 0.324. The largest absolute Gasteiger partial charge is 0.465 e. The highest BCUT2D eigenvalue weighted by molar-refractivity contribution is 8.00. The normalized spacial score (nSPS) is 20.6. The molecule has 0 bridgehead atoms. The first kappa shape index (κ1) is 30.6. The van der Waals surface area contributed by atoms with Crippen LogP contribution >= 0.6 is 34.9 Å². The average Bonchev–Trinajstić information content (AvgIpc) is 3.38. The van der Waals surface area contributed by atoms with Gasteiger partial charge in [0.1, 0.15) is 5.00 Å². The van der Waals surface area contributed by atoms with Crippen LogP contribution < -0.4 is 15.5 Å². The van der Waals surface area contributed by atoms with Crippen molar-refractivity contribution in [2.24, 2.45) is 5.92 Å². The number of carbonyl (C=O) groups is 3. The summed E-state index contributed by atoms with van der Waals surface area (Å²) < 4.78 is 5.09. The lowest BCUT2D eigenvalue weighted by Gasteiger charge is -2.40. The average molecular weight is 646 g/mol. The van der Waals surface area contributed by atoms with Crippen LogP contribution in [-0.2, 0) is 22.4 Å². The molecule has 2 heterocycles. The smallest absolute Gasteiger partial charge is 0.341 e. The number of carbonyl (C=O) groups excluding carboxylic acids is 3. The van der Waals surface area contributed by atoms with Gasteiger partial charge in [-0.2, -0.15) is 0 Å². The van der Waals surface area contributed by atoms with E-state index in [1.165, 1.54) is 30.2 Å². The lowest BCUT2D eigenvalue weighted by atomic mass is 9.88. The van der Waals surface area contributed by atoms with Gasteiger partial charge in [-0.3, -0.25) is 9.69 Å². The van der Waals surface area contributed by atoms with E-state index in [-0.39, 0.29) is 23.2 Å². The minimum absolute atomic E-state index is 0.0911. The van der Waals surface area contributed by atoms with E-state index in [4.69, 9.17) is 4.74 Å². The van der Waals surface area contributed by atoms with Gasteiger partial charge < -0.3 is 15.4 Å². The molecule has 0 saturated heterocycles. The minimum Gasteiger partial charge on any atom is -0.465 e. The van der Waals surface area contributed by atoms with Gasteiger partial charge >= 0.3 is 12.0 Å². The summed E-state index contributed by atoms with van der Waals surface area (Å²) in [5.41, 5.74) is 3.06. The Morgan fingerprint density at radius 1 is 1.09 bits per heavy atom. The summed E-state index contributed by atoms with van der Waals surface area (Å²) >= 11 is 4.70. The Bertz CT molecular complexity index is 1650. The van der Waals surface area contributed by atoms with Crippen LogP contribution in [0.3, 0.4) is 0 Å². The molecule has 0 spiro atoms. The van der Waals surface area contributed by atoms with Crippen LogP contribution in [0.2, 0.25) is 0 Å². The number of rotatable bonds is 7. The van der Waals surface area contributed by atoms with E-state index in [0.717, 1.165) is 45.2 Å². The van der Waals surface area contributed by atoms with Crippen LogP contribution in [0.5, 0.6) is 0 Å². The predicted molar refractivity (Wildman–Crippen MR) is 182 cm³/mol. The highest BCUT2D eigenvalue weighted by atomic mass is 32.2. The van der Waals surface area contributed by atoms with E-state index >= 15 is 0 Å². The Kier molecular flexibility index (Phi) is 9.21. The number of hydrogen-bond acceptors (Lipinski definition) is 7. The number of thioether (sulfide) groups is 2. The second-order valence-corrected chi connectivity index (χ2v) is 14.8. The van der Waals surface area contributed by atoms with E-state index in [2.05, 4.69) is 35.8 Å². The van der Waals surface area contributed by atoms with E-state index in [1.807, 2.05) is 66.4 Å². The number of nitrogens with one attached hydrogen (secondary N) is 2. The number of hydrogen-bond donors (Lipinski definition) is 2. The zero-order chi connectivity index (χ0) is 30.8. The first-order valence-electron chi connectivity index (χ1n) is 14.9. The number of urea groups is 1.